The number of thiazole rings is 1. The van der Waals surface area contributed by atoms with Gasteiger partial charge in [-0.1, -0.05) is 0 Å². The van der Waals surface area contributed by atoms with Crippen molar-refractivity contribution in [2.75, 3.05) is 12.8 Å². The Morgan fingerprint density at radius 3 is 2.60 bits per heavy atom. The van der Waals surface area contributed by atoms with Gasteiger partial charge in [-0.3, -0.25) is 0 Å². The van der Waals surface area contributed by atoms with E-state index >= 15 is 0 Å². The number of rotatable bonds is 4. The number of aromatic nitrogens is 1. The number of nitrogens with two attached hydrogens (primary N) is 1. The monoisotopic (exact) mass is 311 g/mol. The molecule has 0 aliphatic heterocycles. The van der Waals surface area contributed by atoms with E-state index in [1.165, 1.54) is 15.6 Å². The zero-order chi connectivity index (χ0) is 14.9. The lowest BCUT2D eigenvalue weighted by Gasteiger charge is -2.17. The number of nitrogens with zero attached hydrogens (tertiary/aromatic N) is 2. The number of hydrogen-bond acceptors (Lipinski definition) is 5. The fraction of sp³-hybridized carbons (Fsp3) is 0.308. The van der Waals surface area contributed by atoms with Crippen molar-refractivity contribution in [2.24, 2.45) is 0 Å². The first-order valence-corrected chi connectivity index (χ1v) is 8.36. The average Bonchev–Trinajstić information content (AvgIpc) is 2.74. The molecule has 108 valence electrons. The zero-order valence-electron chi connectivity index (χ0n) is 11.6. The van der Waals surface area contributed by atoms with E-state index in [0.29, 0.717) is 11.3 Å². The van der Waals surface area contributed by atoms with E-state index in [0.717, 1.165) is 10.7 Å². The molecule has 20 heavy (non-hydrogen) atoms. The van der Waals surface area contributed by atoms with Gasteiger partial charge >= 0.3 is 0 Å². The molecule has 1 aromatic heterocycles. The zero-order valence-corrected chi connectivity index (χ0v) is 13.3. The molecule has 0 spiro atoms. The minimum Gasteiger partial charge on any atom is -0.399 e. The lowest BCUT2D eigenvalue weighted by atomic mass is 10.2. The number of aryl methyl sites for hydroxylation is 2. The fourth-order valence-corrected chi connectivity index (χ4v) is 3.87. The van der Waals surface area contributed by atoms with Gasteiger partial charge < -0.3 is 5.73 Å². The highest BCUT2D eigenvalue weighted by Gasteiger charge is 2.23. The number of hydrogen-bond donors (Lipinski definition) is 1. The van der Waals surface area contributed by atoms with Gasteiger partial charge in [0.1, 0.15) is 0 Å². The summed E-state index contributed by atoms with van der Waals surface area (Å²) in [6.45, 7) is 3.90. The quantitative estimate of drug-likeness (QED) is 0.878. The summed E-state index contributed by atoms with van der Waals surface area (Å²) in [6, 6.07) is 4.80. The van der Waals surface area contributed by atoms with Crippen LogP contribution in [0.3, 0.4) is 0 Å². The fourth-order valence-electron chi connectivity index (χ4n) is 1.92. The maximum Gasteiger partial charge on any atom is 0.243 e. The summed E-state index contributed by atoms with van der Waals surface area (Å²) in [6.07, 6.45) is 0. The average molecular weight is 311 g/mol. The molecule has 0 aliphatic rings. The molecule has 0 amide bonds. The van der Waals surface area contributed by atoms with Crippen LogP contribution in [0.15, 0.2) is 28.5 Å². The van der Waals surface area contributed by atoms with Crippen LogP contribution in [0.1, 0.15) is 16.3 Å². The first kappa shape index (κ1) is 15.0. The minimum atomic E-state index is -3.53. The molecule has 0 aliphatic carbocycles. The van der Waals surface area contributed by atoms with E-state index in [1.807, 2.05) is 12.3 Å². The van der Waals surface area contributed by atoms with Gasteiger partial charge in [0, 0.05) is 18.1 Å². The van der Waals surface area contributed by atoms with Gasteiger partial charge in [-0.15, -0.1) is 11.3 Å². The molecule has 2 aromatic rings. The lowest BCUT2D eigenvalue weighted by Crippen LogP contribution is -2.27. The molecular formula is C13H17N3O2S2. The third-order valence-electron chi connectivity index (χ3n) is 2.94. The van der Waals surface area contributed by atoms with E-state index in [2.05, 4.69) is 4.98 Å². The molecule has 5 nitrogen and oxygen atoms in total. The molecule has 2 N–H and O–H groups in total. The molecule has 0 bridgehead atoms. The smallest absolute Gasteiger partial charge is 0.243 e. The second kappa shape index (κ2) is 5.51. The van der Waals surface area contributed by atoms with Gasteiger partial charge in [0.25, 0.3) is 0 Å². The Kier molecular flexibility index (Phi) is 4.12. The summed E-state index contributed by atoms with van der Waals surface area (Å²) >= 11 is 1.51. The summed E-state index contributed by atoms with van der Waals surface area (Å²) < 4.78 is 26.4. The van der Waals surface area contributed by atoms with E-state index in [4.69, 9.17) is 5.73 Å². The molecule has 0 fully saturated rings. The molecule has 1 heterocycles. The van der Waals surface area contributed by atoms with Crippen molar-refractivity contribution in [3.63, 3.8) is 0 Å². The van der Waals surface area contributed by atoms with Crippen LogP contribution in [0.4, 0.5) is 5.69 Å². The minimum absolute atomic E-state index is 0.260. The molecule has 2 rings (SSSR count). The van der Waals surface area contributed by atoms with Gasteiger partial charge in [0.05, 0.1) is 22.1 Å². The summed E-state index contributed by atoms with van der Waals surface area (Å²) in [4.78, 5) is 4.57. The highest BCUT2D eigenvalue weighted by atomic mass is 32.2. The van der Waals surface area contributed by atoms with Gasteiger partial charge in [0.15, 0.2) is 0 Å². The highest BCUT2D eigenvalue weighted by Crippen LogP contribution is 2.22. The first-order chi connectivity index (χ1) is 9.30. The maximum atomic E-state index is 12.5. The molecule has 0 saturated heterocycles. The Hall–Kier alpha value is -1.44. The van der Waals surface area contributed by atoms with E-state index in [9.17, 15) is 8.42 Å². The van der Waals surface area contributed by atoms with Crippen LogP contribution in [-0.2, 0) is 16.6 Å². The normalized spacial score (nSPS) is 12.0. The van der Waals surface area contributed by atoms with Crippen molar-refractivity contribution < 1.29 is 8.42 Å². The topological polar surface area (TPSA) is 76.3 Å². The Balaban J connectivity index is 2.29. The Bertz CT molecular complexity index is 723. The van der Waals surface area contributed by atoms with Crippen molar-refractivity contribution in [1.29, 1.82) is 0 Å². The van der Waals surface area contributed by atoms with Gasteiger partial charge in [-0.05, 0) is 37.6 Å². The molecule has 1 aromatic carbocycles. The molecule has 0 unspecified atom stereocenters. The van der Waals surface area contributed by atoms with Crippen LogP contribution in [-0.4, -0.2) is 24.8 Å². The van der Waals surface area contributed by atoms with Crippen LogP contribution in [0.2, 0.25) is 0 Å². The second-order valence-electron chi connectivity index (χ2n) is 4.64. The third kappa shape index (κ3) is 3.00. The number of nitrogen functional groups attached to an aromatic ring is 1. The van der Waals surface area contributed by atoms with E-state index < -0.39 is 10.0 Å². The third-order valence-corrected chi connectivity index (χ3v) is 5.72. The highest BCUT2D eigenvalue weighted by molar-refractivity contribution is 7.89. The second-order valence-corrected chi connectivity index (χ2v) is 7.72. The molecule has 0 saturated carbocycles. The van der Waals surface area contributed by atoms with Crippen molar-refractivity contribution in [2.45, 2.75) is 25.3 Å². The number of sulfonamides is 1. The lowest BCUT2D eigenvalue weighted by molar-refractivity contribution is 0.462. The largest absolute Gasteiger partial charge is 0.399 e. The summed E-state index contributed by atoms with van der Waals surface area (Å²) in [5.41, 5.74) is 7.61. The Morgan fingerprint density at radius 1 is 1.35 bits per heavy atom. The van der Waals surface area contributed by atoms with Gasteiger partial charge in [-0.2, -0.15) is 4.31 Å². The molecule has 0 atom stereocenters. The van der Waals surface area contributed by atoms with Gasteiger partial charge in [-0.25, -0.2) is 13.4 Å². The predicted molar refractivity (Wildman–Crippen MR) is 81.1 cm³/mol. The van der Waals surface area contributed by atoms with Crippen LogP contribution in [0.5, 0.6) is 0 Å². The van der Waals surface area contributed by atoms with Crippen molar-refractivity contribution >= 4 is 27.0 Å². The van der Waals surface area contributed by atoms with Crippen LogP contribution in [0.25, 0.3) is 0 Å². The van der Waals surface area contributed by atoms with Crippen molar-refractivity contribution in [3.05, 3.63) is 39.8 Å². The van der Waals surface area contributed by atoms with Crippen molar-refractivity contribution in [1.82, 2.24) is 9.29 Å². The summed E-state index contributed by atoms with van der Waals surface area (Å²) in [7, 11) is -1.98. The van der Waals surface area contributed by atoms with E-state index in [-0.39, 0.29) is 11.4 Å². The predicted octanol–water partition coefficient (Wildman–Crippen LogP) is 2.16. The number of anilines is 1. The molecule has 7 heteroatoms. The Morgan fingerprint density at radius 2 is 2.05 bits per heavy atom. The van der Waals surface area contributed by atoms with Crippen molar-refractivity contribution in [3.8, 4) is 0 Å². The Labute approximate surface area is 123 Å². The van der Waals surface area contributed by atoms with E-state index in [1.54, 1.807) is 32.2 Å². The van der Waals surface area contributed by atoms with Gasteiger partial charge in [0.2, 0.25) is 10.0 Å². The molecular weight excluding hydrogens is 294 g/mol. The molecule has 0 radical (unpaired) electrons. The van der Waals surface area contributed by atoms with Crippen LogP contribution >= 0.6 is 11.3 Å². The summed E-state index contributed by atoms with van der Waals surface area (Å²) in [5.74, 6) is 0. The van der Waals surface area contributed by atoms with Crippen LogP contribution < -0.4 is 5.73 Å². The SMILES string of the molecule is Cc1nc(CN(C)S(=O)(=O)c2ccc(N)cc2C)cs1. The first-order valence-electron chi connectivity index (χ1n) is 6.04. The standard InChI is InChI=1S/C13H17N3O2S2/c1-9-6-11(14)4-5-13(9)20(17,18)16(3)7-12-8-19-10(2)15-12/h4-6,8H,7,14H2,1-3H3. The van der Waals surface area contributed by atoms with Crippen LogP contribution in [0, 0.1) is 13.8 Å². The maximum absolute atomic E-state index is 12.5. The summed E-state index contributed by atoms with van der Waals surface area (Å²) in [5, 5.41) is 2.80. The number of benzene rings is 1.